The lowest BCUT2D eigenvalue weighted by Gasteiger charge is -2.14. The minimum Gasteiger partial charge on any atom is -0.475 e. The number of hydrogen-bond donors (Lipinski definition) is 2. The molecule has 3 N–H and O–H groups in total. The average Bonchev–Trinajstić information content (AvgIpc) is 2.39. The van der Waals surface area contributed by atoms with E-state index in [0.717, 1.165) is 20.5 Å². The SMILES string of the molecule is CC(C)Oc1ncccc1CNc1ccc(I)cc1N. The number of hydrogen-bond acceptors (Lipinski definition) is 4. The molecule has 0 fully saturated rings. The largest absolute Gasteiger partial charge is 0.475 e. The van der Waals surface area contributed by atoms with Gasteiger partial charge in [-0.05, 0) is 60.7 Å². The predicted octanol–water partition coefficient (Wildman–Crippen LogP) is 3.67. The first-order chi connectivity index (χ1) is 9.56. The fraction of sp³-hybridized carbons (Fsp3) is 0.267. The molecule has 5 heteroatoms. The van der Waals surface area contributed by atoms with Gasteiger partial charge in [0, 0.05) is 21.9 Å². The van der Waals surface area contributed by atoms with Gasteiger partial charge in [-0.25, -0.2) is 4.98 Å². The van der Waals surface area contributed by atoms with Crippen molar-refractivity contribution in [1.82, 2.24) is 4.98 Å². The molecule has 1 aromatic heterocycles. The quantitative estimate of drug-likeness (QED) is 0.611. The van der Waals surface area contributed by atoms with Crippen LogP contribution in [0.4, 0.5) is 11.4 Å². The molecule has 0 unspecified atom stereocenters. The van der Waals surface area contributed by atoms with E-state index in [2.05, 4.69) is 32.9 Å². The number of nitrogens with one attached hydrogen (secondary N) is 1. The highest BCUT2D eigenvalue weighted by Crippen LogP contribution is 2.23. The van der Waals surface area contributed by atoms with E-state index in [4.69, 9.17) is 10.5 Å². The van der Waals surface area contributed by atoms with Crippen molar-refractivity contribution in [3.63, 3.8) is 0 Å². The molecule has 0 aliphatic carbocycles. The normalized spacial score (nSPS) is 10.6. The van der Waals surface area contributed by atoms with Crippen molar-refractivity contribution < 1.29 is 4.74 Å². The molecule has 1 heterocycles. The minimum absolute atomic E-state index is 0.104. The summed E-state index contributed by atoms with van der Waals surface area (Å²) in [4.78, 5) is 4.27. The van der Waals surface area contributed by atoms with Crippen LogP contribution in [-0.4, -0.2) is 11.1 Å². The minimum atomic E-state index is 0.104. The standard InChI is InChI=1S/C15H18IN3O/c1-10(2)20-15-11(4-3-7-18-15)9-19-14-6-5-12(16)8-13(14)17/h3-8,10,19H,9,17H2,1-2H3. The lowest BCUT2D eigenvalue weighted by Crippen LogP contribution is -2.11. The third-order valence-corrected chi connectivity index (χ3v) is 3.35. The van der Waals surface area contributed by atoms with Crippen molar-refractivity contribution in [3.8, 4) is 5.88 Å². The molecular weight excluding hydrogens is 365 g/mol. The molecule has 0 radical (unpaired) electrons. The third-order valence-electron chi connectivity index (χ3n) is 2.68. The van der Waals surface area contributed by atoms with Crippen LogP contribution in [0.5, 0.6) is 5.88 Å². The zero-order chi connectivity index (χ0) is 14.5. The highest BCUT2D eigenvalue weighted by molar-refractivity contribution is 14.1. The zero-order valence-electron chi connectivity index (χ0n) is 11.6. The molecule has 0 aliphatic heterocycles. The van der Waals surface area contributed by atoms with Gasteiger partial charge in [0.05, 0.1) is 17.5 Å². The van der Waals surface area contributed by atoms with Gasteiger partial charge < -0.3 is 15.8 Å². The molecule has 0 saturated carbocycles. The first kappa shape index (κ1) is 14.9. The van der Waals surface area contributed by atoms with Gasteiger partial charge in [0.25, 0.3) is 0 Å². The maximum Gasteiger partial charge on any atom is 0.218 e. The lowest BCUT2D eigenvalue weighted by molar-refractivity contribution is 0.230. The van der Waals surface area contributed by atoms with Crippen molar-refractivity contribution >= 4 is 34.0 Å². The van der Waals surface area contributed by atoms with Gasteiger partial charge in [-0.15, -0.1) is 0 Å². The number of nitrogen functional groups attached to an aromatic ring is 1. The molecule has 20 heavy (non-hydrogen) atoms. The Bertz CT molecular complexity index is 587. The van der Waals surface area contributed by atoms with Crippen LogP contribution < -0.4 is 15.8 Å². The lowest BCUT2D eigenvalue weighted by atomic mass is 10.2. The molecule has 0 amide bonds. The summed E-state index contributed by atoms with van der Waals surface area (Å²) in [6, 6.07) is 9.85. The summed E-state index contributed by atoms with van der Waals surface area (Å²) < 4.78 is 6.82. The van der Waals surface area contributed by atoms with E-state index in [-0.39, 0.29) is 6.10 Å². The van der Waals surface area contributed by atoms with Crippen LogP contribution >= 0.6 is 22.6 Å². The summed E-state index contributed by atoms with van der Waals surface area (Å²) in [5, 5.41) is 3.32. The van der Waals surface area contributed by atoms with Crippen molar-refractivity contribution in [2.75, 3.05) is 11.1 Å². The topological polar surface area (TPSA) is 60.2 Å². The van der Waals surface area contributed by atoms with Gasteiger partial charge in [-0.1, -0.05) is 6.07 Å². The molecule has 0 aliphatic rings. The third kappa shape index (κ3) is 4.00. The van der Waals surface area contributed by atoms with E-state index in [1.165, 1.54) is 0 Å². The van der Waals surface area contributed by atoms with Crippen LogP contribution in [0, 0.1) is 3.57 Å². The number of anilines is 2. The smallest absolute Gasteiger partial charge is 0.218 e. The Balaban J connectivity index is 2.10. The zero-order valence-corrected chi connectivity index (χ0v) is 13.7. The highest BCUT2D eigenvalue weighted by Gasteiger charge is 2.07. The maximum atomic E-state index is 5.99. The number of benzene rings is 1. The Hall–Kier alpha value is -1.50. The van der Waals surface area contributed by atoms with Crippen LogP contribution in [0.1, 0.15) is 19.4 Å². The number of pyridine rings is 1. The number of nitrogens with two attached hydrogens (primary N) is 1. The molecule has 0 bridgehead atoms. The molecule has 0 saturated heterocycles. The number of rotatable bonds is 5. The monoisotopic (exact) mass is 383 g/mol. The van der Waals surface area contributed by atoms with Gasteiger partial charge in [-0.2, -0.15) is 0 Å². The summed E-state index contributed by atoms with van der Waals surface area (Å²) in [5.41, 5.74) is 8.67. The van der Waals surface area contributed by atoms with Crippen molar-refractivity contribution in [1.29, 1.82) is 0 Å². The highest BCUT2D eigenvalue weighted by atomic mass is 127. The first-order valence-electron chi connectivity index (χ1n) is 6.45. The summed E-state index contributed by atoms with van der Waals surface area (Å²) in [6.07, 6.45) is 1.84. The van der Waals surface area contributed by atoms with E-state index < -0.39 is 0 Å². The van der Waals surface area contributed by atoms with Gasteiger partial charge in [0.1, 0.15) is 0 Å². The van der Waals surface area contributed by atoms with E-state index >= 15 is 0 Å². The van der Waals surface area contributed by atoms with E-state index in [9.17, 15) is 0 Å². The van der Waals surface area contributed by atoms with E-state index in [1.54, 1.807) is 6.20 Å². The number of aromatic nitrogens is 1. The van der Waals surface area contributed by atoms with E-state index in [1.807, 2.05) is 44.2 Å². The second kappa shape index (κ2) is 6.78. The number of nitrogens with zero attached hydrogens (tertiary/aromatic N) is 1. The summed E-state index contributed by atoms with van der Waals surface area (Å²) in [6.45, 7) is 4.60. The molecule has 2 aromatic rings. The molecule has 0 spiro atoms. The molecule has 0 atom stereocenters. The maximum absolute atomic E-state index is 5.99. The van der Waals surface area contributed by atoms with Crippen molar-refractivity contribution in [3.05, 3.63) is 45.7 Å². The van der Waals surface area contributed by atoms with Crippen LogP contribution in [0.25, 0.3) is 0 Å². The van der Waals surface area contributed by atoms with Crippen molar-refractivity contribution in [2.45, 2.75) is 26.5 Å². The van der Waals surface area contributed by atoms with Gasteiger partial charge in [0.15, 0.2) is 0 Å². The van der Waals surface area contributed by atoms with Crippen LogP contribution in [0.15, 0.2) is 36.5 Å². The predicted molar refractivity (Wildman–Crippen MR) is 90.9 cm³/mol. The average molecular weight is 383 g/mol. The molecule has 1 aromatic carbocycles. The Morgan fingerprint density at radius 2 is 2.15 bits per heavy atom. The van der Waals surface area contributed by atoms with Crippen LogP contribution in [-0.2, 0) is 6.54 Å². The Morgan fingerprint density at radius 3 is 2.85 bits per heavy atom. The van der Waals surface area contributed by atoms with E-state index in [0.29, 0.717) is 12.4 Å². The Morgan fingerprint density at radius 1 is 1.35 bits per heavy atom. The Labute approximate surface area is 132 Å². The fourth-order valence-electron chi connectivity index (χ4n) is 1.77. The molecular formula is C15H18IN3O. The molecule has 106 valence electrons. The van der Waals surface area contributed by atoms with Gasteiger partial charge in [-0.3, -0.25) is 0 Å². The van der Waals surface area contributed by atoms with Gasteiger partial charge >= 0.3 is 0 Å². The second-order valence-electron chi connectivity index (χ2n) is 4.72. The van der Waals surface area contributed by atoms with Crippen LogP contribution in [0.3, 0.4) is 0 Å². The number of ether oxygens (including phenoxy) is 1. The van der Waals surface area contributed by atoms with Crippen molar-refractivity contribution in [2.24, 2.45) is 0 Å². The summed E-state index contributed by atoms with van der Waals surface area (Å²) >= 11 is 2.24. The Kier molecular flexibility index (Phi) is 5.05. The molecule has 2 rings (SSSR count). The number of halogens is 1. The first-order valence-corrected chi connectivity index (χ1v) is 7.53. The summed E-state index contributed by atoms with van der Waals surface area (Å²) in [5.74, 6) is 0.666. The molecule has 4 nitrogen and oxygen atoms in total. The van der Waals surface area contributed by atoms with Gasteiger partial charge in [0.2, 0.25) is 5.88 Å². The van der Waals surface area contributed by atoms with Crippen LogP contribution in [0.2, 0.25) is 0 Å². The summed E-state index contributed by atoms with van der Waals surface area (Å²) in [7, 11) is 0. The second-order valence-corrected chi connectivity index (χ2v) is 5.97. The fourth-order valence-corrected chi connectivity index (χ4v) is 2.29.